The molecule has 2 fully saturated rings. The van der Waals surface area contributed by atoms with E-state index in [-0.39, 0.29) is 11.3 Å². The molecule has 2 aliphatic rings. The molecule has 1 aliphatic heterocycles. The van der Waals surface area contributed by atoms with Crippen molar-refractivity contribution in [1.82, 2.24) is 10.2 Å². The molecule has 1 saturated heterocycles. The number of morpholine rings is 1. The van der Waals surface area contributed by atoms with Crippen molar-refractivity contribution in [3.8, 4) is 0 Å². The van der Waals surface area contributed by atoms with Crippen LogP contribution >= 0.6 is 0 Å². The predicted molar refractivity (Wildman–Crippen MR) is 96.1 cm³/mol. The number of ether oxygens (including phenoxy) is 1. The van der Waals surface area contributed by atoms with E-state index in [0.29, 0.717) is 18.5 Å². The summed E-state index contributed by atoms with van der Waals surface area (Å²) in [7, 11) is 0. The van der Waals surface area contributed by atoms with Gasteiger partial charge in [0.1, 0.15) is 0 Å². The summed E-state index contributed by atoms with van der Waals surface area (Å²) in [5, 5.41) is 6.51. The van der Waals surface area contributed by atoms with Crippen molar-refractivity contribution in [2.45, 2.75) is 38.8 Å². The van der Waals surface area contributed by atoms with Crippen molar-refractivity contribution in [2.24, 2.45) is 5.41 Å². The zero-order chi connectivity index (χ0) is 17.0. The van der Waals surface area contributed by atoms with Crippen molar-refractivity contribution < 1.29 is 9.53 Å². The Morgan fingerprint density at radius 2 is 1.96 bits per heavy atom. The molecule has 0 bridgehead atoms. The molecule has 1 aromatic rings. The first-order valence-electron chi connectivity index (χ1n) is 8.97. The standard InChI is InChI=1S/C19H29N3O2/c1-19(2)16(14-17(19)22-10-12-24-13-11-22)20-9-8-18(23)21-15-6-4-3-5-7-15/h3-7,16-17,20H,8-14H2,1-2H3,(H,21,23). The number of nitrogens with zero attached hydrogens (tertiary/aromatic N) is 1. The quantitative estimate of drug-likeness (QED) is 0.838. The Hall–Kier alpha value is -1.43. The van der Waals surface area contributed by atoms with E-state index < -0.39 is 0 Å². The first-order valence-corrected chi connectivity index (χ1v) is 8.97. The number of carbonyl (C=O) groups excluding carboxylic acids is 1. The van der Waals surface area contributed by atoms with E-state index in [1.165, 1.54) is 0 Å². The molecular formula is C19H29N3O2. The smallest absolute Gasteiger partial charge is 0.225 e. The number of anilines is 1. The predicted octanol–water partition coefficient (Wildman–Crippen LogP) is 2.10. The molecule has 24 heavy (non-hydrogen) atoms. The second kappa shape index (κ2) is 7.64. The van der Waals surface area contributed by atoms with Crippen molar-refractivity contribution >= 4 is 11.6 Å². The lowest BCUT2D eigenvalue weighted by Crippen LogP contribution is -2.67. The maximum absolute atomic E-state index is 12.0. The number of para-hydroxylation sites is 1. The highest BCUT2D eigenvalue weighted by Gasteiger charge is 2.50. The highest BCUT2D eigenvalue weighted by atomic mass is 16.5. The molecule has 5 nitrogen and oxygen atoms in total. The first kappa shape index (κ1) is 17.4. The van der Waals surface area contributed by atoms with Crippen LogP contribution in [0.5, 0.6) is 0 Å². The largest absolute Gasteiger partial charge is 0.379 e. The molecule has 1 heterocycles. The van der Waals surface area contributed by atoms with Crippen molar-refractivity contribution in [3.05, 3.63) is 30.3 Å². The minimum Gasteiger partial charge on any atom is -0.379 e. The zero-order valence-corrected chi connectivity index (χ0v) is 14.8. The summed E-state index contributed by atoms with van der Waals surface area (Å²) in [6.45, 7) is 9.18. The third-order valence-corrected chi connectivity index (χ3v) is 5.50. The van der Waals surface area contributed by atoms with Gasteiger partial charge in [0, 0.05) is 43.8 Å². The Balaban J connectivity index is 1.39. The number of rotatable bonds is 6. The molecule has 132 valence electrons. The van der Waals surface area contributed by atoms with Crippen LogP contribution in [0, 0.1) is 5.41 Å². The zero-order valence-electron chi connectivity index (χ0n) is 14.8. The van der Waals surface area contributed by atoms with Crippen molar-refractivity contribution in [1.29, 1.82) is 0 Å². The number of nitrogens with one attached hydrogen (secondary N) is 2. The molecule has 2 unspecified atom stereocenters. The van der Waals surface area contributed by atoms with Crippen LogP contribution in [-0.2, 0) is 9.53 Å². The number of amides is 1. The second-order valence-electron chi connectivity index (χ2n) is 7.39. The molecular weight excluding hydrogens is 302 g/mol. The van der Waals surface area contributed by atoms with Crippen LogP contribution in [0.25, 0.3) is 0 Å². The molecule has 2 N–H and O–H groups in total. The van der Waals surface area contributed by atoms with Crippen LogP contribution in [0.3, 0.4) is 0 Å². The molecule has 5 heteroatoms. The summed E-state index contributed by atoms with van der Waals surface area (Å²) in [6, 6.07) is 10.7. The number of benzene rings is 1. The van der Waals surface area contributed by atoms with E-state index in [1.807, 2.05) is 30.3 Å². The number of hydrogen-bond acceptors (Lipinski definition) is 4. The summed E-state index contributed by atoms with van der Waals surface area (Å²) in [5.41, 5.74) is 1.10. The first-order chi connectivity index (χ1) is 11.6. The van der Waals surface area contributed by atoms with Gasteiger partial charge in [-0.3, -0.25) is 9.69 Å². The van der Waals surface area contributed by atoms with E-state index in [0.717, 1.165) is 45.0 Å². The molecule has 1 amide bonds. The van der Waals surface area contributed by atoms with Crippen LogP contribution < -0.4 is 10.6 Å². The lowest BCUT2D eigenvalue weighted by molar-refractivity contribution is -0.116. The van der Waals surface area contributed by atoms with Crippen LogP contribution in [0.1, 0.15) is 26.7 Å². The average Bonchev–Trinajstić information content (AvgIpc) is 2.59. The van der Waals surface area contributed by atoms with E-state index >= 15 is 0 Å². The van der Waals surface area contributed by atoms with Crippen LogP contribution in [0.4, 0.5) is 5.69 Å². The highest BCUT2D eigenvalue weighted by Crippen LogP contribution is 2.44. The number of hydrogen-bond donors (Lipinski definition) is 2. The van der Waals surface area contributed by atoms with Crippen LogP contribution in [0.15, 0.2) is 30.3 Å². The van der Waals surface area contributed by atoms with Gasteiger partial charge in [-0.15, -0.1) is 0 Å². The van der Waals surface area contributed by atoms with Gasteiger partial charge in [-0.2, -0.15) is 0 Å². The topological polar surface area (TPSA) is 53.6 Å². The fourth-order valence-corrected chi connectivity index (χ4v) is 3.86. The van der Waals surface area contributed by atoms with Crippen molar-refractivity contribution in [3.63, 3.8) is 0 Å². The Labute approximate surface area is 144 Å². The summed E-state index contributed by atoms with van der Waals surface area (Å²) >= 11 is 0. The summed E-state index contributed by atoms with van der Waals surface area (Å²) in [6.07, 6.45) is 1.66. The molecule has 1 saturated carbocycles. The second-order valence-corrected chi connectivity index (χ2v) is 7.39. The third-order valence-electron chi connectivity index (χ3n) is 5.50. The maximum Gasteiger partial charge on any atom is 0.225 e. The number of carbonyl (C=O) groups is 1. The van der Waals surface area contributed by atoms with Gasteiger partial charge in [0.25, 0.3) is 0 Å². The fourth-order valence-electron chi connectivity index (χ4n) is 3.86. The highest BCUT2D eigenvalue weighted by molar-refractivity contribution is 5.90. The van der Waals surface area contributed by atoms with E-state index in [9.17, 15) is 4.79 Å². The molecule has 1 aliphatic carbocycles. The van der Waals surface area contributed by atoms with Gasteiger partial charge in [-0.1, -0.05) is 32.0 Å². The van der Waals surface area contributed by atoms with Crippen LogP contribution in [-0.4, -0.2) is 55.7 Å². The van der Waals surface area contributed by atoms with Gasteiger partial charge >= 0.3 is 0 Å². The van der Waals surface area contributed by atoms with Gasteiger partial charge in [0.15, 0.2) is 0 Å². The minimum atomic E-state index is 0.0653. The van der Waals surface area contributed by atoms with E-state index in [2.05, 4.69) is 29.4 Å². The average molecular weight is 331 g/mol. The summed E-state index contributed by atoms with van der Waals surface area (Å²) in [5.74, 6) is 0.0653. The third kappa shape index (κ3) is 3.97. The molecule has 1 aromatic carbocycles. The van der Waals surface area contributed by atoms with Gasteiger partial charge < -0.3 is 15.4 Å². The Morgan fingerprint density at radius 1 is 1.25 bits per heavy atom. The lowest BCUT2D eigenvalue weighted by atomic mass is 9.62. The molecule has 3 rings (SSSR count). The minimum absolute atomic E-state index is 0.0653. The summed E-state index contributed by atoms with van der Waals surface area (Å²) in [4.78, 5) is 14.6. The fraction of sp³-hybridized carbons (Fsp3) is 0.632. The molecule has 0 radical (unpaired) electrons. The normalized spacial score (nSPS) is 26.6. The maximum atomic E-state index is 12.0. The van der Waals surface area contributed by atoms with Crippen molar-refractivity contribution in [2.75, 3.05) is 38.2 Å². The van der Waals surface area contributed by atoms with Crippen LogP contribution in [0.2, 0.25) is 0 Å². The Morgan fingerprint density at radius 3 is 2.62 bits per heavy atom. The van der Waals surface area contributed by atoms with Gasteiger partial charge in [0.05, 0.1) is 13.2 Å². The lowest BCUT2D eigenvalue weighted by Gasteiger charge is -2.57. The van der Waals surface area contributed by atoms with Gasteiger partial charge in [-0.25, -0.2) is 0 Å². The molecule has 0 spiro atoms. The Kier molecular flexibility index (Phi) is 5.54. The monoisotopic (exact) mass is 331 g/mol. The summed E-state index contributed by atoms with van der Waals surface area (Å²) < 4.78 is 5.45. The molecule has 2 atom stereocenters. The van der Waals surface area contributed by atoms with E-state index in [4.69, 9.17) is 4.74 Å². The van der Waals surface area contributed by atoms with E-state index in [1.54, 1.807) is 0 Å². The van der Waals surface area contributed by atoms with Gasteiger partial charge in [0.2, 0.25) is 5.91 Å². The molecule has 0 aromatic heterocycles. The van der Waals surface area contributed by atoms with Gasteiger partial charge in [-0.05, 0) is 24.0 Å². The SMILES string of the molecule is CC1(C)C(NCCC(=O)Nc2ccccc2)CC1N1CCOCC1. The Bertz CT molecular complexity index is 541.